The van der Waals surface area contributed by atoms with Crippen molar-refractivity contribution in [3.8, 4) is 11.3 Å². The minimum absolute atomic E-state index is 0.0342. The number of benzene rings is 1. The van der Waals surface area contributed by atoms with Crippen molar-refractivity contribution in [1.29, 1.82) is 0 Å². The lowest BCUT2D eigenvalue weighted by atomic mass is 10.1. The number of thiocarbonyl (C=S) groups is 1. The van der Waals surface area contributed by atoms with Gasteiger partial charge in [0.2, 0.25) is 0 Å². The van der Waals surface area contributed by atoms with Gasteiger partial charge in [-0.25, -0.2) is 4.79 Å². The minimum atomic E-state index is -0.596. The molecule has 3 rings (SSSR count). The monoisotopic (exact) mass is 370 g/mol. The molecule has 0 spiro atoms. The molecule has 7 nitrogen and oxygen atoms in total. The highest BCUT2D eigenvalue weighted by atomic mass is 32.1. The largest absolute Gasteiger partial charge is 0.462 e. The average molecular weight is 370 g/mol. The SMILES string of the molecule is CCOC(=O)c1cccc(-c2ccc(C=C3C(=O)NC(=S)NC3=O)o2)c1. The van der Waals surface area contributed by atoms with Crippen LogP contribution in [0, 0.1) is 0 Å². The van der Waals surface area contributed by atoms with E-state index in [0.29, 0.717) is 22.6 Å². The maximum atomic E-state index is 11.9. The van der Waals surface area contributed by atoms with Crippen LogP contribution in [0.3, 0.4) is 0 Å². The molecule has 0 atom stereocenters. The molecule has 26 heavy (non-hydrogen) atoms. The molecule has 1 aliphatic heterocycles. The van der Waals surface area contributed by atoms with Crippen LogP contribution in [0.1, 0.15) is 23.0 Å². The topological polar surface area (TPSA) is 97.6 Å². The summed E-state index contributed by atoms with van der Waals surface area (Å²) >= 11 is 4.74. The Morgan fingerprint density at radius 2 is 1.92 bits per heavy atom. The van der Waals surface area contributed by atoms with Crippen LogP contribution in [0.15, 0.2) is 46.4 Å². The molecule has 0 saturated carbocycles. The Hall–Kier alpha value is -3.26. The predicted molar refractivity (Wildman–Crippen MR) is 97.0 cm³/mol. The van der Waals surface area contributed by atoms with Crippen LogP contribution in [0.2, 0.25) is 0 Å². The van der Waals surface area contributed by atoms with E-state index >= 15 is 0 Å². The molecule has 1 aliphatic rings. The van der Waals surface area contributed by atoms with E-state index in [2.05, 4.69) is 10.6 Å². The lowest BCUT2D eigenvalue weighted by Crippen LogP contribution is -2.51. The molecule has 2 aromatic rings. The van der Waals surface area contributed by atoms with Gasteiger partial charge >= 0.3 is 5.97 Å². The fourth-order valence-corrected chi connectivity index (χ4v) is 2.53. The van der Waals surface area contributed by atoms with Gasteiger partial charge in [0, 0.05) is 5.56 Å². The Balaban J connectivity index is 1.87. The van der Waals surface area contributed by atoms with Crippen LogP contribution < -0.4 is 10.6 Å². The summed E-state index contributed by atoms with van der Waals surface area (Å²) in [5, 5.41) is 4.67. The van der Waals surface area contributed by atoms with Crippen molar-refractivity contribution in [3.05, 3.63) is 53.3 Å². The lowest BCUT2D eigenvalue weighted by molar-refractivity contribution is -0.123. The molecule has 2 N–H and O–H groups in total. The summed E-state index contributed by atoms with van der Waals surface area (Å²) < 4.78 is 10.6. The van der Waals surface area contributed by atoms with Gasteiger partial charge in [0.15, 0.2) is 5.11 Å². The molecular weight excluding hydrogens is 356 g/mol. The predicted octanol–water partition coefficient (Wildman–Crippen LogP) is 2.04. The number of carbonyl (C=O) groups is 3. The van der Waals surface area contributed by atoms with Gasteiger partial charge in [-0.05, 0) is 49.5 Å². The molecule has 0 bridgehead atoms. The Bertz CT molecular complexity index is 923. The first kappa shape index (κ1) is 17.6. The van der Waals surface area contributed by atoms with Gasteiger partial charge < -0.3 is 9.15 Å². The van der Waals surface area contributed by atoms with Crippen LogP contribution in [-0.4, -0.2) is 29.5 Å². The maximum Gasteiger partial charge on any atom is 0.338 e. The Morgan fingerprint density at radius 3 is 2.62 bits per heavy atom. The summed E-state index contributed by atoms with van der Waals surface area (Å²) in [6.07, 6.45) is 1.32. The molecular formula is C18H14N2O5S. The van der Waals surface area contributed by atoms with E-state index in [9.17, 15) is 14.4 Å². The quantitative estimate of drug-likeness (QED) is 0.370. The van der Waals surface area contributed by atoms with Crippen molar-refractivity contribution in [2.45, 2.75) is 6.92 Å². The van der Waals surface area contributed by atoms with Gasteiger partial charge in [0.25, 0.3) is 11.8 Å². The Kier molecular flexibility index (Phi) is 4.94. The second kappa shape index (κ2) is 7.32. The number of esters is 1. The third-order valence-corrected chi connectivity index (χ3v) is 3.72. The second-order valence-corrected chi connectivity index (χ2v) is 5.71. The molecule has 2 amide bonds. The zero-order valence-corrected chi connectivity index (χ0v) is 14.5. The van der Waals surface area contributed by atoms with E-state index in [1.54, 1.807) is 43.3 Å². The zero-order chi connectivity index (χ0) is 18.7. The highest BCUT2D eigenvalue weighted by Crippen LogP contribution is 2.25. The first-order chi connectivity index (χ1) is 12.5. The van der Waals surface area contributed by atoms with Gasteiger partial charge in [-0.15, -0.1) is 0 Å². The second-order valence-electron chi connectivity index (χ2n) is 5.30. The van der Waals surface area contributed by atoms with E-state index in [0.717, 1.165) is 0 Å². The number of hydrogen-bond donors (Lipinski definition) is 2. The van der Waals surface area contributed by atoms with E-state index < -0.39 is 17.8 Å². The summed E-state index contributed by atoms with van der Waals surface area (Å²) in [7, 11) is 0. The van der Waals surface area contributed by atoms with Gasteiger partial charge in [0.1, 0.15) is 17.1 Å². The van der Waals surface area contributed by atoms with Crippen LogP contribution in [0.4, 0.5) is 0 Å². The zero-order valence-electron chi connectivity index (χ0n) is 13.7. The summed E-state index contributed by atoms with van der Waals surface area (Å²) in [4.78, 5) is 35.5. The van der Waals surface area contributed by atoms with Gasteiger partial charge in [-0.1, -0.05) is 12.1 Å². The van der Waals surface area contributed by atoms with Crippen LogP contribution in [-0.2, 0) is 14.3 Å². The molecule has 1 aromatic heterocycles. The third kappa shape index (κ3) is 3.70. The van der Waals surface area contributed by atoms with Crippen LogP contribution in [0.5, 0.6) is 0 Å². The first-order valence-corrected chi connectivity index (χ1v) is 8.14. The Labute approximate surface area is 154 Å². The van der Waals surface area contributed by atoms with Crippen molar-refractivity contribution >= 4 is 41.2 Å². The third-order valence-electron chi connectivity index (χ3n) is 3.51. The van der Waals surface area contributed by atoms with Crippen LogP contribution >= 0.6 is 12.2 Å². The minimum Gasteiger partial charge on any atom is -0.462 e. The number of hydrogen-bond acceptors (Lipinski definition) is 6. The van der Waals surface area contributed by atoms with Gasteiger partial charge in [0.05, 0.1) is 12.2 Å². The Morgan fingerprint density at radius 1 is 1.19 bits per heavy atom. The van der Waals surface area contributed by atoms with Gasteiger partial charge in [-0.2, -0.15) is 0 Å². The summed E-state index contributed by atoms with van der Waals surface area (Å²) in [6, 6.07) is 10.1. The van der Waals surface area contributed by atoms with Crippen molar-refractivity contribution in [3.63, 3.8) is 0 Å². The fourth-order valence-electron chi connectivity index (χ4n) is 2.35. The lowest BCUT2D eigenvalue weighted by Gasteiger charge is -2.15. The molecule has 1 aromatic carbocycles. The molecule has 2 heterocycles. The number of amides is 2. The molecule has 8 heteroatoms. The number of rotatable bonds is 4. The highest BCUT2D eigenvalue weighted by Gasteiger charge is 2.26. The van der Waals surface area contributed by atoms with E-state index in [1.165, 1.54) is 6.08 Å². The molecule has 0 unspecified atom stereocenters. The summed E-state index contributed by atoms with van der Waals surface area (Å²) in [5.74, 6) is -0.818. The number of furan rings is 1. The summed E-state index contributed by atoms with van der Waals surface area (Å²) in [6.45, 7) is 2.02. The molecule has 1 fully saturated rings. The maximum absolute atomic E-state index is 11.9. The van der Waals surface area contributed by atoms with Crippen molar-refractivity contribution in [2.75, 3.05) is 6.61 Å². The number of ether oxygens (including phenoxy) is 1. The van der Waals surface area contributed by atoms with Crippen LogP contribution in [0.25, 0.3) is 17.4 Å². The molecule has 0 aliphatic carbocycles. The van der Waals surface area contributed by atoms with E-state index in [1.807, 2.05) is 0 Å². The van der Waals surface area contributed by atoms with Gasteiger partial charge in [-0.3, -0.25) is 20.2 Å². The number of nitrogens with one attached hydrogen (secondary N) is 2. The van der Waals surface area contributed by atoms with E-state index in [-0.39, 0.29) is 17.3 Å². The standard InChI is InChI=1S/C18H14N2O5S/c1-2-24-17(23)11-5-3-4-10(8-11)14-7-6-12(25-14)9-13-15(21)19-18(26)20-16(13)22/h3-9H,2H2,1H3,(H2,19,20,21,22,26). The summed E-state index contributed by atoms with van der Waals surface area (Å²) in [5.41, 5.74) is 0.957. The molecule has 132 valence electrons. The average Bonchev–Trinajstić information content (AvgIpc) is 3.07. The first-order valence-electron chi connectivity index (χ1n) is 7.73. The number of carbonyl (C=O) groups excluding carboxylic acids is 3. The fraction of sp³-hybridized carbons (Fsp3) is 0.111. The van der Waals surface area contributed by atoms with Crippen molar-refractivity contribution < 1.29 is 23.5 Å². The highest BCUT2D eigenvalue weighted by molar-refractivity contribution is 7.80. The van der Waals surface area contributed by atoms with Crippen molar-refractivity contribution in [2.24, 2.45) is 0 Å². The van der Waals surface area contributed by atoms with E-state index in [4.69, 9.17) is 21.4 Å². The normalized spacial score (nSPS) is 13.9. The molecule has 0 radical (unpaired) electrons. The smallest absolute Gasteiger partial charge is 0.338 e. The molecule has 1 saturated heterocycles. The van der Waals surface area contributed by atoms with Crippen molar-refractivity contribution in [1.82, 2.24) is 10.6 Å².